The fourth-order valence-electron chi connectivity index (χ4n) is 1.71. The van der Waals surface area contributed by atoms with Crippen LogP contribution in [0.2, 0.25) is 0 Å². The number of aromatic carboxylic acids is 1. The first kappa shape index (κ1) is 10.9. The second-order valence-electron chi connectivity index (χ2n) is 4.31. The van der Waals surface area contributed by atoms with E-state index in [0.717, 1.165) is 24.2 Å². The van der Waals surface area contributed by atoms with Gasteiger partial charge in [-0.3, -0.25) is 0 Å². The zero-order chi connectivity index (χ0) is 12.5. The third kappa shape index (κ3) is 2.22. The molecule has 1 heterocycles. The fourth-order valence-corrected chi connectivity index (χ4v) is 1.71. The number of carboxylic acids is 1. The first-order valence-corrected chi connectivity index (χ1v) is 5.82. The van der Waals surface area contributed by atoms with Crippen molar-refractivity contribution in [1.29, 1.82) is 0 Å². The molecule has 0 unspecified atom stereocenters. The van der Waals surface area contributed by atoms with Crippen LogP contribution in [0.3, 0.4) is 0 Å². The molecule has 1 aliphatic carbocycles. The van der Waals surface area contributed by atoms with E-state index >= 15 is 0 Å². The summed E-state index contributed by atoms with van der Waals surface area (Å²) in [6.45, 7) is 0. The van der Waals surface area contributed by atoms with Crippen molar-refractivity contribution in [3.05, 3.63) is 42.2 Å². The Kier molecular flexibility index (Phi) is 2.55. The van der Waals surface area contributed by atoms with Crippen LogP contribution >= 0.6 is 0 Å². The summed E-state index contributed by atoms with van der Waals surface area (Å²) >= 11 is 0. The first-order valence-electron chi connectivity index (χ1n) is 5.82. The van der Waals surface area contributed by atoms with Gasteiger partial charge in [-0.05, 0) is 37.1 Å². The van der Waals surface area contributed by atoms with E-state index in [9.17, 15) is 4.79 Å². The lowest BCUT2D eigenvalue weighted by molar-refractivity contribution is 0.0663. The maximum atomic E-state index is 10.7. The monoisotopic (exact) mass is 244 g/mol. The molecule has 3 rings (SSSR count). The highest BCUT2D eigenvalue weighted by Gasteiger charge is 2.23. The van der Waals surface area contributed by atoms with Gasteiger partial charge in [-0.2, -0.15) is 0 Å². The van der Waals surface area contributed by atoms with Gasteiger partial charge in [0.25, 0.3) is 0 Å². The van der Waals surface area contributed by atoms with Gasteiger partial charge in [0.1, 0.15) is 11.5 Å². The molecular weight excluding hydrogens is 232 g/mol. The lowest BCUT2D eigenvalue weighted by atomic mass is 10.1. The molecule has 0 bridgehead atoms. The molecule has 1 saturated carbocycles. The van der Waals surface area contributed by atoms with Gasteiger partial charge in [0.15, 0.2) is 0 Å². The van der Waals surface area contributed by atoms with Crippen LogP contribution in [0.15, 0.2) is 40.8 Å². The van der Waals surface area contributed by atoms with Crippen LogP contribution in [0.25, 0.3) is 11.3 Å². The molecule has 18 heavy (non-hydrogen) atoms. The average molecular weight is 244 g/mol. The van der Waals surface area contributed by atoms with E-state index in [4.69, 9.17) is 14.3 Å². The van der Waals surface area contributed by atoms with E-state index in [2.05, 4.69) is 0 Å². The fraction of sp³-hybridized carbons (Fsp3) is 0.214. The van der Waals surface area contributed by atoms with E-state index in [1.165, 1.54) is 6.07 Å². The molecule has 1 N–H and O–H groups in total. The summed E-state index contributed by atoms with van der Waals surface area (Å²) in [6.07, 6.45) is 2.55. The Hall–Kier alpha value is -2.23. The van der Waals surface area contributed by atoms with Gasteiger partial charge in [-0.15, -0.1) is 0 Å². The summed E-state index contributed by atoms with van der Waals surface area (Å²) < 4.78 is 10.9. The average Bonchev–Trinajstić information content (AvgIpc) is 3.03. The van der Waals surface area contributed by atoms with E-state index in [1.54, 1.807) is 6.07 Å². The van der Waals surface area contributed by atoms with Crippen molar-refractivity contribution in [3.8, 4) is 17.1 Å². The predicted molar refractivity (Wildman–Crippen MR) is 64.8 cm³/mol. The van der Waals surface area contributed by atoms with Gasteiger partial charge in [0.2, 0.25) is 5.76 Å². The van der Waals surface area contributed by atoms with E-state index in [0.29, 0.717) is 11.9 Å². The van der Waals surface area contributed by atoms with Crippen LogP contribution in [0, 0.1) is 0 Å². The van der Waals surface area contributed by atoms with Crippen molar-refractivity contribution in [2.45, 2.75) is 18.9 Å². The maximum absolute atomic E-state index is 10.7. The molecule has 0 radical (unpaired) electrons. The Morgan fingerprint density at radius 2 is 2.11 bits per heavy atom. The largest absolute Gasteiger partial charge is 0.490 e. The molecule has 2 aromatic rings. The molecule has 92 valence electrons. The smallest absolute Gasteiger partial charge is 0.371 e. The third-order valence-corrected chi connectivity index (χ3v) is 2.76. The number of hydrogen-bond acceptors (Lipinski definition) is 3. The number of carbonyl (C=O) groups is 1. The quantitative estimate of drug-likeness (QED) is 0.897. The first-order chi connectivity index (χ1) is 8.72. The van der Waals surface area contributed by atoms with Crippen LogP contribution in [0.5, 0.6) is 5.75 Å². The predicted octanol–water partition coefficient (Wildman–Crippen LogP) is 3.19. The minimum absolute atomic E-state index is 0.0569. The lowest BCUT2D eigenvalue weighted by Crippen LogP contribution is -1.95. The van der Waals surface area contributed by atoms with Crippen LogP contribution in [0.1, 0.15) is 23.4 Å². The number of hydrogen-bond donors (Lipinski definition) is 1. The summed E-state index contributed by atoms with van der Waals surface area (Å²) in [6, 6.07) is 10.6. The summed E-state index contributed by atoms with van der Waals surface area (Å²) in [5.74, 6) is 0.210. The molecular formula is C14H12O4. The third-order valence-electron chi connectivity index (χ3n) is 2.76. The molecule has 4 nitrogen and oxygen atoms in total. The molecule has 4 heteroatoms. The highest BCUT2D eigenvalue weighted by Crippen LogP contribution is 2.30. The molecule has 0 spiro atoms. The van der Waals surface area contributed by atoms with Gasteiger partial charge >= 0.3 is 5.97 Å². The van der Waals surface area contributed by atoms with Crippen LogP contribution in [-0.2, 0) is 0 Å². The summed E-state index contributed by atoms with van der Waals surface area (Å²) in [4.78, 5) is 10.7. The summed E-state index contributed by atoms with van der Waals surface area (Å²) in [7, 11) is 0. The van der Waals surface area contributed by atoms with Crippen molar-refractivity contribution in [1.82, 2.24) is 0 Å². The number of carboxylic acid groups (broad SMARTS) is 1. The van der Waals surface area contributed by atoms with Crippen molar-refractivity contribution in [2.75, 3.05) is 0 Å². The highest BCUT2D eigenvalue weighted by atomic mass is 16.5. The molecule has 1 aromatic heterocycles. The Labute approximate surface area is 104 Å². The van der Waals surface area contributed by atoms with E-state index < -0.39 is 5.97 Å². The minimum atomic E-state index is -1.06. The van der Waals surface area contributed by atoms with Gasteiger partial charge in [-0.1, -0.05) is 12.1 Å². The maximum Gasteiger partial charge on any atom is 0.371 e. The molecule has 0 aliphatic heterocycles. The Bertz CT molecular complexity index is 581. The van der Waals surface area contributed by atoms with Gasteiger partial charge in [0, 0.05) is 5.56 Å². The number of ether oxygens (including phenoxy) is 1. The molecule has 1 aliphatic rings. The molecule has 1 aromatic carbocycles. The van der Waals surface area contributed by atoms with E-state index in [1.807, 2.05) is 24.3 Å². The minimum Gasteiger partial charge on any atom is -0.490 e. The van der Waals surface area contributed by atoms with Crippen LogP contribution in [0.4, 0.5) is 0 Å². The Morgan fingerprint density at radius 3 is 2.78 bits per heavy atom. The zero-order valence-electron chi connectivity index (χ0n) is 9.63. The van der Waals surface area contributed by atoms with Gasteiger partial charge in [-0.25, -0.2) is 4.79 Å². The van der Waals surface area contributed by atoms with E-state index in [-0.39, 0.29) is 5.76 Å². The lowest BCUT2D eigenvalue weighted by Gasteiger charge is -2.05. The van der Waals surface area contributed by atoms with Crippen LogP contribution in [-0.4, -0.2) is 17.2 Å². The summed E-state index contributed by atoms with van der Waals surface area (Å²) in [5, 5.41) is 8.81. The number of benzene rings is 1. The molecule has 0 saturated heterocycles. The summed E-state index contributed by atoms with van der Waals surface area (Å²) in [5.41, 5.74) is 0.820. The zero-order valence-corrected chi connectivity index (χ0v) is 9.63. The normalized spacial score (nSPS) is 14.4. The molecule has 1 fully saturated rings. The molecule has 0 amide bonds. The van der Waals surface area contributed by atoms with Crippen molar-refractivity contribution in [3.63, 3.8) is 0 Å². The Balaban J connectivity index is 1.87. The van der Waals surface area contributed by atoms with Crippen molar-refractivity contribution in [2.24, 2.45) is 0 Å². The second kappa shape index (κ2) is 4.22. The van der Waals surface area contributed by atoms with Gasteiger partial charge < -0.3 is 14.3 Å². The highest BCUT2D eigenvalue weighted by molar-refractivity contribution is 5.85. The standard InChI is InChI=1S/C14H12O4/c15-14(16)13-7-6-12(18-13)9-2-1-3-11(8-9)17-10-4-5-10/h1-3,6-8,10H,4-5H2,(H,15,16). The number of rotatable bonds is 4. The van der Waals surface area contributed by atoms with Crippen molar-refractivity contribution < 1.29 is 19.1 Å². The SMILES string of the molecule is O=C(O)c1ccc(-c2cccc(OC3CC3)c2)o1. The Morgan fingerprint density at radius 1 is 1.28 bits per heavy atom. The van der Waals surface area contributed by atoms with Crippen molar-refractivity contribution >= 4 is 5.97 Å². The van der Waals surface area contributed by atoms with Crippen LogP contribution < -0.4 is 4.74 Å². The number of furan rings is 1. The van der Waals surface area contributed by atoms with Gasteiger partial charge in [0.05, 0.1) is 6.10 Å². The topological polar surface area (TPSA) is 59.7 Å². The molecule has 0 atom stereocenters. The second-order valence-corrected chi connectivity index (χ2v) is 4.31.